The third-order valence-corrected chi connectivity index (χ3v) is 4.49. The Morgan fingerprint density at radius 3 is 2.00 bits per heavy atom. The van der Waals surface area contributed by atoms with Crippen LogP contribution >= 0.6 is 0 Å². The van der Waals surface area contributed by atoms with Crippen molar-refractivity contribution in [2.75, 3.05) is 0 Å². The van der Waals surface area contributed by atoms with E-state index in [2.05, 4.69) is 60.7 Å². The summed E-state index contributed by atoms with van der Waals surface area (Å²) in [5.41, 5.74) is 7.65. The first-order valence-corrected chi connectivity index (χ1v) is 7.99. The Morgan fingerprint density at radius 2 is 1.30 bits per heavy atom. The van der Waals surface area contributed by atoms with Crippen molar-refractivity contribution in [1.82, 2.24) is 0 Å². The molecule has 0 spiro atoms. The maximum absolute atomic E-state index is 9.81. The van der Waals surface area contributed by atoms with Gasteiger partial charge in [-0.25, -0.2) is 0 Å². The van der Waals surface area contributed by atoms with Crippen molar-refractivity contribution in [2.45, 2.75) is 12.8 Å². The lowest BCUT2D eigenvalue weighted by Gasteiger charge is -2.24. The van der Waals surface area contributed by atoms with Crippen molar-refractivity contribution in [3.63, 3.8) is 0 Å². The van der Waals surface area contributed by atoms with Crippen molar-refractivity contribution in [3.05, 3.63) is 101 Å². The van der Waals surface area contributed by atoms with Gasteiger partial charge in [-0.15, -0.1) is 0 Å². The molecule has 1 N–H and O–H groups in total. The average Bonchev–Trinajstić information content (AvgIpc) is 2.62. The highest BCUT2D eigenvalue weighted by molar-refractivity contribution is 6.00. The van der Waals surface area contributed by atoms with Crippen molar-refractivity contribution in [2.24, 2.45) is 0 Å². The molecular weight excluding hydrogens is 280 g/mol. The number of rotatable bonds is 2. The number of fused-ring (bicyclic) bond motifs is 1. The first-order valence-electron chi connectivity index (χ1n) is 7.99. The second-order valence-electron chi connectivity index (χ2n) is 5.93. The molecule has 3 aromatic rings. The molecule has 0 unspecified atom stereocenters. The first-order chi connectivity index (χ1) is 11.3. The summed E-state index contributed by atoms with van der Waals surface area (Å²) in [6, 6.07) is 26.9. The second-order valence-corrected chi connectivity index (χ2v) is 5.93. The number of allylic oxidation sites excluding steroid dienone is 1. The lowest BCUT2D eigenvalue weighted by atomic mass is 9.80. The smallest absolute Gasteiger partial charge is 0.115 e. The van der Waals surface area contributed by atoms with E-state index >= 15 is 0 Å². The average molecular weight is 298 g/mol. The molecule has 0 heterocycles. The molecule has 0 aromatic heterocycles. The normalized spacial score (nSPS) is 13.7. The summed E-state index contributed by atoms with van der Waals surface area (Å²) in [7, 11) is 0. The highest BCUT2D eigenvalue weighted by Crippen LogP contribution is 2.41. The monoisotopic (exact) mass is 298 g/mol. The van der Waals surface area contributed by atoms with Crippen LogP contribution in [0.3, 0.4) is 0 Å². The number of phenolic OH excluding ortho intramolecular Hbond substituents is 1. The third-order valence-electron chi connectivity index (χ3n) is 4.49. The lowest BCUT2D eigenvalue weighted by molar-refractivity contribution is 0.474. The van der Waals surface area contributed by atoms with Gasteiger partial charge in [0.25, 0.3) is 0 Å². The zero-order valence-corrected chi connectivity index (χ0v) is 12.9. The topological polar surface area (TPSA) is 20.2 Å². The van der Waals surface area contributed by atoms with Gasteiger partial charge < -0.3 is 5.11 Å². The van der Waals surface area contributed by atoms with E-state index in [1.165, 1.54) is 33.4 Å². The zero-order chi connectivity index (χ0) is 15.6. The summed E-state index contributed by atoms with van der Waals surface area (Å²) < 4.78 is 0. The van der Waals surface area contributed by atoms with Gasteiger partial charge in [0.05, 0.1) is 0 Å². The molecule has 0 amide bonds. The van der Waals surface area contributed by atoms with Crippen molar-refractivity contribution >= 4 is 11.1 Å². The molecule has 1 aliphatic rings. The Balaban J connectivity index is 1.99. The van der Waals surface area contributed by atoms with Crippen molar-refractivity contribution in [1.29, 1.82) is 0 Å². The third kappa shape index (κ3) is 2.55. The summed E-state index contributed by atoms with van der Waals surface area (Å²) in [5.74, 6) is 0.347. The highest BCUT2D eigenvalue weighted by atomic mass is 16.3. The molecule has 3 aromatic carbocycles. The molecule has 0 radical (unpaired) electrons. The fourth-order valence-electron chi connectivity index (χ4n) is 3.44. The first kappa shape index (κ1) is 13.8. The van der Waals surface area contributed by atoms with Gasteiger partial charge >= 0.3 is 0 Å². The summed E-state index contributed by atoms with van der Waals surface area (Å²) in [6.07, 6.45) is 1.95. The molecule has 1 nitrogen and oxygen atoms in total. The van der Waals surface area contributed by atoms with E-state index in [1.54, 1.807) is 6.07 Å². The Hall–Kier alpha value is -2.80. The van der Waals surface area contributed by atoms with Crippen LogP contribution in [-0.4, -0.2) is 5.11 Å². The minimum atomic E-state index is 0.347. The van der Waals surface area contributed by atoms with Gasteiger partial charge in [-0.3, -0.25) is 0 Å². The van der Waals surface area contributed by atoms with Crippen LogP contribution in [0.5, 0.6) is 5.75 Å². The number of hydrogen-bond donors (Lipinski definition) is 1. The Kier molecular flexibility index (Phi) is 3.47. The maximum atomic E-state index is 9.81. The van der Waals surface area contributed by atoms with Crippen LogP contribution in [0, 0.1) is 0 Å². The molecule has 0 saturated heterocycles. The molecule has 23 heavy (non-hydrogen) atoms. The number of aryl methyl sites for hydroxylation is 1. The molecule has 0 aliphatic heterocycles. The number of benzene rings is 3. The lowest BCUT2D eigenvalue weighted by Crippen LogP contribution is -2.06. The number of hydrogen-bond acceptors (Lipinski definition) is 1. The van der Waals surface area contributed by atoms with Crippen molar-refractivity contribution < 1.29 is 5.11 Å². The van der Waals surface area contributed by atoms with E-state index in [-0.39, 0.29) is 0 Å². The molecular formula is C22H18O. The van der Waals surface area contributed by atoms with Crippen LogP contribution in [0.25, 0.3) is 11.1 Å². The van der Waals surface area contributed by atoms with Crippen molar-refractivity contribution in [3.8, 4) is 5.75 Å². The van der Waals surface area contributed by atoms with E-state index < -0.39 is 0 Å². The van der Waals surface area contributed by atoms with Crippen LogP contribution < -0.4 is 0 Å². The van der Waals surface area contributed by atoms with Crippen LogP contribution in [0.2, 0.25) is 0 Å². The Bertz CT molecular complexity index is 861. The quantitative estimate of drug-likeness (QED) is 0.681. The summed E-state index contributed by atoms with van der Waals surface area (Å²) in [4.78, 5) is 0. The fraction of sp³-hybridized carbons (Fsp3) is 0.0909. The number of phenols is 1. The highest BCUT2D eigenvalue weighted by Gasteiger charge is 2.21. The summed E-state index contributed by atoms with van der Waals surface area (Å²) in [5, 5.41) is 9.81. The predicted molar refractivity (Wildman–Crippen MR) is 95.2 cm³/mol. The summed E-state index contributed by atoms with van der Waals surface area (Å²) in [6.45, 7) is 0. The minimum absolute atomic E-state index is 0.347. The molecule has 112 valence electrons. The second kappa shape index (κ2) is 5.77. The molecule has 1 aliphatic carbocycles. The van der Waals surface area contributed by atoms with Gasteiger partial charge in [-0.1, -0.05) is 66.7 Å². The van der Waals surface area contributed by atoms with Crippen LogP contribution in [-0.2, 0) is 6.42 Å². The van der Waals surface area contributed by atoms with Gasteiger partial charge in [-0.2, -0.15) is 0 Å². The largest absolute Gasteiger partial charge is 0.508 e. The van der Waals surface area contributed by atoms with Gasteiger partial charge in [0.15, 0.2) is 0 Å². The standard InChI is InChI=1S/C22H18O/c23-19-12-14-21-18(15-19)11-13-20(16-7-3-1-4-8-16)22(21)17-9-5-2-6-10-17/h1-10,12,14-15,23H,11,13H2. The zero-order valence-electron chi connectivity index (χ0n) is 12.9. The SMILES string of the molecule is Oc1ccc2c(c1)CCC(c1ccccc1)=C2c1ccccc1. The summed E-state index contributed by atoms with van der Waals surface area (Å²) >= 11 is 0. The van der Waals surface area contributed by atoms with E-state index in [1.807, 2.05) is 12.1 Å². The van der Waals surface area contributed by atoms with Gasteiger partial charge in [0.1, 0.15) is 5.75 Å². The maximum Gasteiger partial charge on any atom is 0.115 e. The Morgan fingerprint density at radius 1 is 0.652 bits per heavy atom. The van der Waals surface area contributed by atoms with E-state index in [4.69, 9.17) is 0 Å². The van der Waals surface area contributed by atoms with Gasteiger partial charge in [-0.05, 0) is 58.4 Å². The molecule has 0 fully saturated rings. The van der Waals surface area contributed by atoms with Crippen LogP contribution in [0.15, 0.2) is 78.9 Å². The van der Waals surface area contributed by atoms with Gasteiger partial charge in [0.2, 0.25) is 0 Å². The van der Waals surface area contributed by atoms with E-state index in [9.17, 15) is 5.11 Å². The molecule has 0 atom stereocenters. The predicted octanol–water partition coefficient (Wildman–Crippen LogP) is 5.30. The van der Waals surface area contributed by atoms with Crippen LogP contribution in [0.1, 0.15) is 28.7 Å². The molecule has 1 heteroatoms. The fourth-order valence-corrected chi connectivity index (χ4v) is 3.44. The van der Waals surface area contributed by atoms with Crippen LogP contribution in [0.4, 0.5) is 0 Å². The minimum Gasteiger partial charge on any atom is -0.508 e. The van der Waals surface area contributed by atoms with Gasteiger partial charge in [0, 0.05) is 0 Å². The molecule has 4 rings (SSSR count). The molecule has 0 saturated carbocycles. The number of aromatic hydroxyl groups is 1. The molecule has 0 bridgehead atoms. The Labute approximate surface area is 136 Å². The van der Waals surface area contributed by atoms with E-state index in [0.717, 1.165) is 12.8 Å². The van der Waals surface area contributed by atoms with E-state index in [0.29, 0.717) is 5.75 Å².